The number of benzene rings is 2. The Balaban J connectivity index is 1.68. The van der Waals surface area contributed by atoms with E-state index in [0.29, 0.717) is 16.7 Å². The van der Waals surface area contributed by atoms with Crippen LogP contribution in [0.2, 0.25) is 0 Å². The summed E-state index contributed by atoms with van der Waals surface area (Å²) < 4.78 is 6.01. The highest BCUT2D eigenvalue weighted by Gasteiger charge is 2.41. The number of rotatable bonds is 6. The summed E-state index contributed by atoms with van der Waals surface area (Å²) >= 11 is 0. The molecule has 0 bridgehead atoms. The minimum atomic E-state index is -0.885. The number of nitrogens with two attached hydrogens (primary N) is 1. The molecule has 0 radical (unpaired) electrons. The standard InChI is InChI=1S/C23H24N2O5/c24-21(27)13-18(25-22(28)16-8-4-5-9-17(16)23(25)29)14-10-11-19(26)20(12-14)30-15-6-2-1-3-7-15/h4-5,8-12,15,18,26H,1-3,6-7,13H2,(H2,24,27). The van der Waals surface area contributed by atoms with E-state index in [0.717, 1.165) is 30.6 Å². The number of carbonyl (C=O) groups is 3. The third kappa shape index (κ3) is 3.75. The number of hydrogen-bond donors (Lipinski definition) is 2. The van der Waals surface area contributed by atoms with Crippen LogP contribution in [0.25, 0.3) is 0 Å². The zero-order valence-electron chi connectivity index (χ0n) is 16.5. The van der Waals surface area contributed by atoms with Gasteiger partial charge in [0.15, 0.2) is 11.5 Å². The van der Waals surface area contributed by atoms with Crippen molar-refractivity contribution in [3.63, 3.8) is 0 Å². The number of imide groups is 1. The van der Waals surface area contributed by atoms with Crippen molar-refractivity contribution in [1.82, 2.24) is 4.90 Å². The van der Waals surface area contributed by atoms with Crippen LogP contribution in [-0.2, 0) is 4.79 Å². The summed E-state index contributed by atoms with van der Waals surface area (Å²) in [6.07, 6.45) is 4.92. The number of primary amides is 1. The molecule has 7 nitrogen and oxygen atoms in total. The van der Waals surface area contributed by atoms with Crippen molar-refractivity contribution in [1.29, 1.82) is 0 Å². The Bertz CT molecular complexity index is 962. The van der Waals surface area contributed by atoms with E-state index in [1.807, 2.05) is 0 Å². The van der Waals surface area contributed by atoms with Gasteiger partial charge >= 0.3 is 0 Å². The molecular formula is C23H24N2O5. The van der Waals surface area contributed by atoms with E-state index in [1.54, 1.807) is 36.4 Å². The van der Waals surface area contributed by atoms with Crippen molar-refractivity contribution in [3.05, 3.63) is 59.2 Å². The fourth-order valence-corrected chi connectivity index (χ4v) is 4.23. The number of hydrogen-bond acceptors (Lipinski definition) is 5. The summed E-state index contributed by atoms with van der Waals surface area (Å²) in [6, 6.07) is 10.3. The number of amides is 3. The zero-order chi connectivity index (χ0) is 21.3. The molecule has 2 aromatic rings. The van der Waals surface area contributed by atoms with Gasteiger partial charge in [0.2, 0.25) is 5.91 Å². The highest BCUT2D eigenvalue weighted by molar-refractivity contribution is 6.21. The van der Waals surface area contributed by atoms with Gasteiger partial charge in [-0.2, -0.15) is 0 Å². The minimum Gasteiger partial charge on any atom is -0.504 e. The summed E-state index contributed by atoms with van der Waals surface area (Å²) in [7, 11) is 0. The number of carbonyl (C=O) groups excluding carboxylic acids is 3. The fraction of sp³-hybridized carbons (Fsp3) is 0.348. The third-order valence-corrected chi connectivity index (χ3v) is 5.75. The molecular weight excluding hydrogens is 384 g/mol. The van der Waals surface area contributed by atoms with E-state index in [4.69, 9.17) is 10.5 Å². The van der Waals surface area contributed by atoms with Gasteiger partial charge in [0.05, 0.1) is 29.7 Å². The molecule has 0 spiro atoms. The van der Waals surface area contributed by atoms with Crippen LogP contribution in [0.3, 0.4) is 0 Å². The molecule has 0 saturated heterocycles. The molecule has 2 aliphatic rings. The Labute approximate surface area is 174 Å². The summed E-state index contributed by atoms with van der Waals surface area (Å²) in [5, 5.41) is 10.3. The van der Waals surface area contributed by atoms with Crippen molar-refractivity contribution >= 4 is 17.7 Å². The van der Waals surface area contributed by atoms with Crippen LogP contribution >= 0.6 is 0 Å². The lowest BCUT2D eigenvalue weighted by molar-refractivity contribution is -0.118. The zero-order valence-corrected chi connectivity index (χ0v) is 16.5. The normalized spacial score (nSPS) is 17.7. The second kappa shape index (κ2) is 8.18. The van der Waals surface area contributed by atoms with Gasteiger partial charge in [-0.15, -0.1) is 0 Å². The molecule has 1 fully saturated rings. The Kier molecular flexibility index (Phi) is 5.44. The fourth-order valence-electron chi connectivity index (χ4n) is 4.23. The third-order valence-electron chi connectivity index (χ3n) is 5.75. The van der Waals surface area contributed by atoms with Crippen LogP contribution in [0.4, 0.5) is 0 Å². The lowest BCUT2D eigenvalue weighted by Gasteiger charge is -2.27. The van der Waals surface area contributed by atoms with E-state index in [1.165, 1.54) is 12.5 Å². The first-order valence-electron chi connectivity index (χ1n) is 10.2. The van der Waals surface area contributed by atoms with Crippen LogP contribution in [-0.4, -0.2) is 33.8 Å². The van der Waals surface area contributed by atoms with E-state index in [-0.39, 0.29) is 24.0 Å². The molecule has 30 heavy (non-hydrogen) atoms. The number of phenolic OH excluding ortho intramolecular Hbond substituents is 1. The van der Waals surface area contributed by atoms with E-state index >= 15 is 0 Å². The van der Waals surface area contributed by atoms with Gasteiger partial charge in [-0.3, -0.25) is 19.3 Å². The number of fused-ring (bicyclic) bond motifs is 1. The lowest BCUT2D eigenvalue weighted by atomic mass is 9.97. The number of phenols is 1. The molecule has 1 atom stereocenters. The van der Waals surface area contributed by atoms with Crippen LogP contribution in [0.15, 0.2) is 42.5 Å². The smallest absolute Gasteiger partial charge is 0.262 e. The van der Waals surface area contributed by atoms with Crippen LogP contribution < -0.4 is 10.5 Å². The molecule has 1 saturated carbocycles. The van der Waals surface area contributed by atoms with Gasteiger partial charge in [-0.25, -0.2) is 0 Å². The SMILES string of the molecule is NC(=O)CC(c1ccc(O)c(OC2CCCCC2)c1)N1C(=O)c2ccccc2C1=O. The van der Waals surface area contributed by atoms with E-state index < -0.39 is 23.8 Å². The van der Waals surface area contributed by atoms with E-state index in [2.05, 4.69) is 0 Å². The summed E-state index contributed by atoms with van der Waals surface area (Å²) in [5.74, 6) is -1.32. The molecule has 1 aliphatic carbocycles. The highest BCUT2D eigenvalue weighted by atomic mass is 16.5. The van der Waals surface area contributed by atoms with Gasteiger partial charge in [-0.1, -0.05) is 24.6 Å². The summed E-state index contributed by atoms with van der Waals surface area (Å²) in [4.78, 5) is 38.8. The quantitative estimate of drug-likeness (QED) is 0.713. The lowest BCUT2D eigenvalue weighted by Crippen LogP contribution is -2.36. The van der Waals surface area contributed by atoms with Crippen molar-refractivity contribution in [2.45, 2.75) is 50.7 Å². The monoisotopic (exact) mass is 408 g/mol. The molecule has 3 N–H and O–H groups in total. The largest absolute Gasteiger partial charge is 0.504 e. The molecule has 3 amide bonds. The predicted molar refractivity (Wildman–Crippen MR) is 109 cm³/mol. The second-order valence-electron chi connectivity index (χ2n) is 7.82. The molecule has 0 aromatic heterocycles. The second-order valence-corrected chi connectivity index (χ2v) is 7.82. The van der Waals surface area contributed by atoms with Crippen molar-refractivity contribution in [2.75, 3.05) is 0 Å². The maximum absolute atomic E-state index is 12.9. The molecule has 1 unspecified atom stereocenters. The first-order valence-corrected chi connectivity index (χ1v) is 10.2. The topological polar surface area (TPSA) is 110 Å². The predicted octanol–water partition coefficient (Wildman–Crippen LogP) is 3.32. The van der Waals surface area contributed by atoms with Crippen molar-refractivity contribution in [2.24, 2.45) is 5.73 Å². The highest BCUT2D eigenvalue weighted by Crippen LogP contribution is 2.38. The van der Waals surface area contributed by atoms with E-state index in [9.17, 15) is 19.5 Å². The summed E-state index contributed by atoms with van der Waals surface area (Å²) in [6.45, 7) is 0. The molecule has 4 rings (SSSR count). The average molecular weight is 408 g/mol. The van der Waals surface area contributed by atoms with Crippen LogP contribution in [0.1, 0.15) is 70.8 Å². The molecule has 1 aliphatic heterocycles. The maximum Gasteiger partial charge on any atom is 0.262 e. The number of nitrogens with zero attached hydrogens (tertiary/aromatic N) is 1. The first-order chi connectivity index (χ1) is 14.5. The first kappa shape index (κ1) is 19.9. The van der Waals surface area contributed by atoms with Gasteiger partial charge in [0.25, 0.3) is 11.8 Å². The van der Waals surface area contributed by atoms with Crippen LogP contribution in [0, 0.1) is 0 Å². The van der Waals surface area contributed by atoms with Crippen molar-refractivity contribution in [3.8, 4) is 11.5 Å². The minimum absolute atomic E-state index is 0.00814. The molecule has 7 heteroatoms. The Morgan fingerprint density at radius 3 is 2.30 bits per heavy atom. The van der Waals surface area contributed by atoms with Crippen LogP contribution in [0.5, 0.6) is 11.5 Å². The Morgan fingerprint density at radius 2 is 1.70 bits per heavy atom. The maximum atomic E-state index is 12.9. The van der Waals surface area contributed by atoms with Gasteiger partial charge in [0.1, 0.15) is 0 Å². The molecule has 2 aromatic carbocycles. The number of ether oxygens (including phenoxy) is 1. The Hall–Kier alpha value is -3.35. The Morgan fingerprint density at radius 1 is 1.07 bits per heavy atom. The van der Waals surface area contributed by atoms with Gasteiger partial charge in [-0.05, 0) is 55.5 Å². The molecule has 156 valence electrons. The number of aromatic hydroxyl groups is 1. The molecule has 1 heterocycles. The van der Waals surface area contributed by atoms with Gasteiger partial charge < -0.3 is 15.6 Å². The average Bonchev–Trinajstić information content (AvgIpc) is 2.99. The van der Waals surface area contributed by atoms with Crippen molar-refractivity contribution < 1.29 is 24.2 Å². The van der Waals surface area contributed by atoms with Gasteiger partial charge in [0, 0.05) is 0 Å². The summed E-state index contributed by atoms with van der Waals surface area (Å²) in [5.41, 5.74) is 6.55.